The topological polar surface area (TPSA) is 32.8 Å². The van der Waals surface area contributed by atoms with E-state index in [2.05, 4.69) is 0 Å². The van der Waals surface area contributed by atoms with Crippen molar-refractivity contribution < 1.29 is 9.53 Å². The van der Waals surface area contributed by atoms with Crippen molar-refractivity contribution in [1.29, 1.82) is 0 Å². The van der Waals surface area contributed by atoms with E-state index in [4.69, 9.17) is 4.74 Å². The lowest BCUT2D eigenvalue weighted by molar-refractivity contribution is -0.120. The van der Waals surface area contributed by atoms with E-state index >= 15 is 0 Å². The van der Waals surface area contributed by atoms with Crippen molar-refractivity contribution in [3.8, 4) is 5.75 Å². The molecule has 15 heavy (non-hydrogen) atoms. The van der Waals surface area contributed by atoms with Gasteiger partial charge in [0.15, 0.2) is 6.61 Å². The molecule has 0 N–H and O–H groups in total. The molecule has 1 aromatic rings. The first-order valence-electron chi connectivity index (χ1n) is 4.80. The predicted octanol–water partition coefficient (Wildman–Crippen LogP) is 1.11. The number of hydrogen-bond donors (Lipinski definition) is 0. The van der Waals surface area contributed by atoms with Gasteiger partial charge in [-0.05, 0) is 18.2 Å². The highest BCUT2D eigenvalue weighted by Gasteiger charge is 2.22. The Bertz CT molecular complexity index is 402. The molecule has 2 rings (SSSR count). The maximum atomic E-state index is 11.4. The molecule has 1 aliphatic heterocycles. The van der Waals surface area contributed by atoms with Gasteiger partial charge in [-0.25, -0.2) is 0 Å². The molecule has 0 aromatic heterocycles. The molecule has 0 spiro atoms. The molecule has 1 aromatic carbocycles. The Balaban J connectivity index is 2.45. The summed E-state index contributed by atoms with van der Waals surface area (Å²) in [4.78, 5) is 15.0. The highest BCUT2D eigenvalue weighted by atomic mass is 16.5. The first-order valence-corrected chi connectivity index (χ1v) is 4.80. The van der Waals surface area contributed by atoms with Crippen molar-refractivity contribution in [3.63, 3.8) is 0 Å². The highest BCUT2D eigenvalue weighted by Crippen LogP contribution is 2.34. The summed E-state index contributed by atoms with van der Waals surface area (Å²) in [5.41, 5.74) is 1.89. The SMILES string of the molecule is CN(C)c1ccc2c(c1)N(C)C(=O)CO2. The van der Waals surface area contributed by atoms with Gasteiger partial charge in [0, 0.05) is 26.8 Å². The minimum Gasteiger partial charge on any atom is -0.482 e. The maximum Gasteiger partial charge on any atom is 0.264 e. The Morgan fingerprint density at radius 1 is 1.40 bits per heavy atom. The van der Waals surface area contributed by atoms with Gasteiger partial charge in [0.1, 0.15) is 5.75 Å². The Hall–Kier alpha value is -1.71. The van der Waals surface area contributed by atoms with Crippen LogP contribution in [-0.4, -0.2) is 33.7 Å². The summed E-state index contributed by atoms with van der Waals surface area (Å²) >= 11 is 0. The molecule has 0 bridgehead atoms. The van der Waals surface area contributed by atoms with Crippen molar-refractivity contribution in [2.75, 3.05) is 37.5 Å². The van der Waals surface area contributed by atoms with Gasteiger partial charge in [-0.3, -0.25) is 4.79 Å². The molecule has 0 saturated carbocycles. The second-order valence-corrected chi connectivity index (χ2v) is 3.79. The quantitative estimate of drug-likeness (QED) is 0.690. The van der Waals surface area contributed by atoms with Gasteiger partial charge in [-0.2, -0.15) is 0 Å². The molecule has 0 radical (unpaired) electrons. The van der Waals surface area contributed by atoms with Gasteiger partial charge in [0.05, 0.1) is 5.69 Å². The molecule has 0 unspecified atom stereocenters. The lowest BCUT2D eigenvalue weighted by Crippen LogP contribution is -2.35. The molecule has 1 amide bonds. The highest BCUT2D eigenvalue weighted by molar-refractivity contribution is 5.97. The van der Waals surface area contributed by atoms with Crippen LogP contribution in [0.3, 0.4) is 0 Å². The monoisotopic (exact) mass is 206 g/mol. The fourth-order valence-corrected chi connectivity index (χ4v) is 1.54. The molecule has 0 saturated heterocycles. The number of likely N-dealkylation sites (N-methyl/N-ethyl adjacent to an activating group) is 1. The molecular weight excluding hydrogens is 192 g/mol. The van der Waals surface area contributed by atoms with E-state index in [0.29, 0.717) is 0 Å². The van der Waals surface area contributed by atoms with Crippen LogP contribution in [0.1, 0.15) is 0 Å². The summed E-state index contributed by atoms with van der Waals surface area (Å²) in [7, 11) is 5.70. The minimum absolute atomic E-state index is 0.0154. The summed E-state index contributed by atoms with van der Waals surface area (Å²) in [6.07, 6.45) is 0. The lowest BCUT2D eigenvalue weighted by atomic mass is 10.2. The number of carbonyl (C=O) groups is 1. The Labute approximate surface area is 89.0 Å². The summed E-state index contributed by atoms with van der Waals surface area (Å²) < 4.78 is 5.33. The zero-order valence-electron chi connectivity index (χ0n) is 9.15. The molecular formula is C11H14N2O2. The third kappa shape index (κ3) is 1.63. The van der Waals surface area contributed by atoms with Gasteiger partial charge >= 0.3 is 0 Å². The van der Waals surface area contributed by atoms with E-state index in [9.17, 15) is 4.79 Å². The third-order valence-corrected chi connectivity index (χ3v) is 2.55. The standard InChI is InChI=1S/C11H14N2O2/c1-12(2)8-4-5-10-9(6-8)13(3)11(14)7-15-10/h4-6H,7H2,1-3H3. The van der Waals surface area contributed by atoms with Crippen LogP contribution in [-0.2, 0) is 4.79 Å². The number of fused-ring (bicyclic) bond motifs is 1. The molecule has 0 atom stereocenters. The van der Waals surface area contributed by atoms with Gasteiger partial charge in [-0.1, -0.05) is 0 Å². The van der Waals surface area contributed by atoms with Gasteiger partial charge in [0.2, 0.25) is 0 Å². The predicted molar refractivity (Wildman–Crippen MR) is 59.7 cm³/mol. The van der Waals surface area contributed by atoms with E-state index in [1.807, 2.05) is 37.2 Å². The summed E-state index contributed by atoms with van der Waals surface area (Å²) in [6, 6.07) is 5.82. The maximum absolute atomic E-state index is 11.4. The van der Waals surface area contributed by atoms with Crippen LogP contribution in [0.2, 0.25) is 0 Å². The summed E-state index contributed by atoms with van der Waals surface area (Å²) in [6.45, 7) is 0.130. The van der Waals surface area contributed by atoms with E-state index in [1.165, 1.54) is 0 Å². The van der Waals surface area contributed by atoms with Crippen LogP contribution in [0, 0.1) is 0 Å². The van der Waals surface area contributed by atoms with Crippen LogP contribution in [0.5, 0.6) is 5.75 Å². The van der Waals surface area contributed by atoms with Crippen LogP contribution < -0.4 is 14.5 Å². The van der Waals surface area contributed by atoms with E-state index in [0.717, 1.165) is 17.1 Å². The van der Waals surface area contributed by atoms with Gasteiger partial charge in [-0.15, -0.1) is 0 Å². The van der Waals surface area contributed by atoms with E-state index < -0.39 is 0 Å². The van der Waals surface area contributed by atoms with Crippen molar-refractivity contribution in [3.05, 3.63) is 18.2 Å². The number of amides is 1. The van der Waals surface area contributed by atoms with Crippen LogP contribution in [0.4, 0.5) is 11.4 Å². The number of benzene rings is 1. The van der Waals surface area contributed by atoms with Crippen molar-refractivity contribution in [2.24, 2.45) is 0 Å². The van der Waals surface area contributed by atoms with Gasteiger partial charge < -0.3 is 14.5 Å². The fraction of sp³-hybridized carbons (Fsp3) is 0.364. The van der Waals surface area contributed by atoms with Gasteiger partial charge in [0.25, 0.3) is 5.91 Å². The Morgan fingerprint density at radius 3 is 2.80 bits per heavy atom. The number of ether oxygens (including phenoxy) is 1. The third-order valence-electron chi connectivity index (χ3n) is 2.55. The number of carbonyl (C=O) groups excluding carboxylic acids is 1. The molecule has 1 aliphatic rings. The van der Waals surface area contributed by atoms with Crippen LogP contribution in [0.15, 0.2) is 18.2 Å². The summed E-state index contributed by atoms with van der Waals surface area (Å²) in [5, 5.41) is 0. The number of anilines is 2. The second-order valence-electron chi connectivity index (χ2n) is 3.79. The first kappa shape index (κ1) is 9.83. The number of nitrogens with zero attached hydrogens (tertiary/aromatic N) is 2. The lowest BCUT2D eigenvalue weighted by Gasteiger charge is -2.27. The smallest absolute Gasteiger partial charge is 0.264 e. The van der Waals surface area contributed by atoms with E-state index in [1.54, 1.807) is 11.9 Å². The van der Waals surface area contributed by atoms with Crippen molar-refractivity contribution in [2.45, 2.75) is 0 Å². The fourth-order valence-electron chi connectivity index (χ4n) is 1.54. The molecule has 0 fully saturated rings. The van der Waals surface area contributed by atoms with Crippen LogP contribution >= 0.6 is 0 Å². The zero-order valence-corrected chi connectivity index (χ0v) is 9.15. The molecule has 0 aliphatic carbocycles. The van der Waals surface area contributed by atoms with Crippen molar-refractivity contribution >= 4 is 17.3 Å². The average Bonchev–Trinajstić information content (AvgIpc) is 2.23. The molecule has 4 nitrogen and oxygen atoms in total. The zero-order chi connectivity index (χ0) is 11.0. The first-order chi connectivity index (χ1) is 7.09. The molecule has 80 valence electrons. The molecule has 1 heterocycles. The summed E-state index contributed by atoms with van der Waals surface area (Å²) in [5.74, 6) is 0.751. The molecule has 4 heteroatoms. The normalized spacial score (nSPS) is 14.6. The second kappa shape index (κ2) is 3.46. The van der Waals surface area contributed by atoms with Crippen molar-refractivity contribution in [1.82, 2.24) is 0 Å². The average molecular weight is 206 g/mol. The Morgan fingerprint density at radius 2 is 2.13 bits per heavy atom. The number of rotatable bonds is 1. The van der Waals surface area contributed by atoms with Crippen LogP contribution in [0.25, 0.3) is 0 Å². The van der Waals surface area contributed by atoms with E-state index in [-0.39, 0.29) is 12.5 Å². The largest absolute Gasteiger partial charge is 0.482 e. The Kier molecular flexibility index (Phi) is 2.26. The minimum atomic E-state index is -0.0154. The number of hydrogen-bond acceptors (Lipinski definition) is 3.